The fourth-order valence-electron chi connectivity index (χ4n) is 3.57. The standard InChI is InChI=1S/C20H20F3N3O4S/c21-20(22,23)17-4-3-9-24-18(17)30-15-12-25(13-15)19(27)14-5-7-16(8-6-14)31(28,29)26-10-1-2-11-26/h3-9,15H,1-2,10-13H2. The molecule has 4 rings (SSSR count). The van der Waals surface area contributed by atoms with Gasteiger partial charge in [-0.2, -0.15) is 17.5 Å². The van der Waals surface area contributed by atoms with Gasteiger partial charge in [0.15, 0.2) is 0 Å². The first-order valence-electron chi connectivity index (χ1n) is 9.74. The predicted molar refractivity (Wildman–Crippen MR) is 104 cm³/mol. The minimum atomic E-state index is -4.58. The van der Waals surface area contributed by atoms with Gasteiger partial charge >= 0.3 is 6.18 Å². The topological polar surface area (TPSA) is 79.8 Å². The average Bonchev–Trinajstić information content (AvgIpc) is 3.25. The number of amides is 1. The Labute approximate surface area is 177 Å². The summed E-state index contributed by atoms with van der Waals surface area (Å²) in [6, 6.07) is 7.76. The molecule has 0 bridgehead atoms. The highest BCUT2D eigenvalue weighted by Crippen LogP contribution is 2.35. The van der Waals surface area contributed by atoms with E-state index < -0.39 is 33.7 Å². The number of rotatable bonds is 5. The van der Waals surface area contributed by atoms with Crippen molar-refractivity contribution in [2.75, 3.05) is 26.2 Å². The summed E-state index contributed by atoms with van der Waals surface area (Å²) < 4.78 is 71.0. The van der Waals surface area contributed by atoms with E-state index >= 15 is 0 Å². The number of likely N-dealkylation sites (tertiary alicyclic amines) is 1. The van der Waals surface area contributed by atoms with Crippen LogP contribution in [0.1, 0.15) is 28.8 Å². The first kappa shape index (κ1) is 21.6. The van der Waals surface area contributed by atoms with Gasteiger partial charge in [0.2, 0.25) is 15.9 Å². The van der Waals surface area contributed by atoms with Crippen LogP contribution in [-0.2, 0) is 16.2 Å². The Bertz CT molecular complexity index is 1060. The molecule has 2 aromatic rings. The van der Waals surface area contributed by atoms with Crippen LogP contribution in [0, 0.1) is 0 Å². The molecule has 2 aliphatic rings. The molecular formula is C20H20F3N3O4S. The van der Waals surface area contributed by atoms with E-state index in [1.807, 2.05) is 0 Å². The van der Waals surface area contributed by atoms with E-state index in [1.54, 1.807) is 0 Å². The van der Waals surface area contributed by atoms with E-state index in [1.165, 1.54) is 45.7 Å². The number of ether oxygens (including phenoxy) is 1. The molecule has 3 heterocycles. The molecule has 2 fully saturated rings. The quantitative estimate of drug-likeness (QED) is 0.693. The maximum absolute atomic E-state index is 13.0. The van der Waals surface area contributed by atoms with Gasteiger partial charge < -0.3 is 9.64 Å². The minimum absolute atomic E-state index is 0.112. The van der Waals surface area contributed by atoms with Crippen LogP contribution in [0.2, 0.25) is 0 Å². The van der Waals surface area contributed by atoms with Crippen molar-refractivity contribution in [1.29, 1.82) is 0 Å². The highest BCUT2D eigenvalue weighted by Gasteiger charge is 2.38. The highest BCUT2D eigenvalue weighted by molar-refractivity contribution is 7.89. The number of carbonyl (C=O) groups is 1. The van der Waals surface area contributed by atoms with Gasteiger partial charge in [-0.3, -0.25) is 4.79 Å². The Morgan fingerprint density at radius 2 is 1.71 bits per heavy atom. The molecule has 0 N–H and O–H groups in total. The fourth-order valence-corrected chi connectivity index (χ4v) is 5.08. The van der Waals surface area contributed by atoms with E-state index in [2.05, 4.69) is 4.98 Å². The molecule has 0 unspecified atom stereocenters. The van der Waals surface area contributed by atoms with Gasteiger partial charge in [0.1, 0.15) is 11.7 Å². The summed E-state index contributed by atoms with van der Waals surface area (Å²) in [6.45, 7) is 1.20. The Kier molecular flexibility index (Phi) is 5.65. The lowest BCUT2D eigenvalue weighted by Gasteiger charge is -2.39. The smallest absolute Gasteiger partial charge is 0.421 e. The van der Waals surface area contributed by atoms with E-state index in [-0.39, 0.29) is 23.9 Å². The third-order valence-electron chi connectivity index (χ3n) is 5.29. The second-order valence-electron chi connectivity index (χ2n) is 7.44. The zero-order chi connectivity index (χ0) is 22.2. The van der Waals surface area contributed by atoms with Crippen LogP contribution < -0.4 is 4.74 Å². The molecule has 1 aromatic heterocycles. The molecule has 11 heteroatoms. The van der Waals surface area contributed by atoms with Crippen LogP contribution in [0.4, 0.5) is 13.2 Å². The normalized spacial score (nSPS) is 18.1. The zero-order valence-corrected chi connectivity index (χ0v) is 17.2. The number of aromatic nitrogens is 1. The van der Waals surface area contributed by atoms with Crippen molar-refractivity contribution in [2.24, 2.45) is 0 Å². The number of nitrogens with zero attached hydrogens (tertiary/aromatic N) is 3. The second kappa shape index (κ2) is 8.12. The molecule has 166 valence electrons. The van der Waals surface area contributed by atoms with Crippen molar-refractivity contribution in [3.05, 3.63) is 53.7 Å². The number of sulfonamides is 1. The molecule has 1 aromatic carbocycles. The first-order chi connectivity index (χ1) is 14.7. The SMILES string of the molecule is O=C(c1ccc(S(=O)(=O)N2CCCC2)cc1)N1CC(Oc2ncccc2C(F)(F)F)C1. The minimum Gasteiger partial charge on any atom is -0.470 e. The maximum atomic E-state index is 13.0. The predicted octanol–water partition coefficient (Wildman–Crippen LogP) is 2.79. The van der Waals surface area contributed by atoms with Gasteiger partial charge in [-0.25, -0.2) is 13.4 Å². The molecule has 0 atom stereocenters. The van der Waals surface area contributed by atoms with Gasteiger partial charge in [-0.05, 0) is 49.2 Å². The van der Waals surface area contributed by atoms with Crippen LogP contribution in [0.25, 0.3) is 0 Å². The Morgan fingerprint density at radius 3 is 2.32 bits per heavy atom. The number of pyridine rings is 1. The maximum Gasteiger partial charge on any atom is 0.421 e. The van der Waals surface area contributed by atoms with Crippen molar-refractivity contribution < 1.29 is 31.1 Å². The first-order valence-corrected chi connectivity index (χ1v) is 11.2. The van der Waals surface area contributed by atoms with Crippen molar-refractivity contribution in [3.63, 3.8) is 0 Å². The van der Waals surface area contributed by atoms with E-state index in [9.17, 15) is 26.4 Å². The molecule has 0 saturated carbocycles. The van der Waals surface area contributed by atoms with Crippen LogP contribution in [0.5, 0.6) is 5.88 Å². The Balaban J connectivity index is 1.37. The number of hydrogen-bond donors (Lipinski definition) is 0. The van der Waals surface area contributed by atoms with Crippen molar-refractivity contribution in [1.82, 2.24) is 14.2 Å². The van der Waals surface area contributed by atoms with E-state index in [4.69, 9.17) is 4.74 Å². The number of halogens is 3. The van der Waals surface area contributed by atoms with Crippen molar-refractivity contribution in [3.8, 4) is 5.88 Å². The summed E-state index contributed by atoms with van der Waals surface area (Å²) in [5.74, 6) is -0.856. The van der Waals surface area contributed by atoms with E-state index in [0.717, 1.165) is 18.9 Å². The molecule has 2 saturated heterocycles. The average molecular weight is 455 g/mol. The molecule has 7 nitrogen and oxygen atoms in total. The number of carbonyl (C=O) groups excluding carboxylic acids is 1. The number of benzene rings is 1. The summed E-state index contributed by atoms with van der Waals surface area (Å²) in [6.07, 6.45) is -2.31. The summed E-state index contributed by atoms with van der Waals surface area (Å²) >= 11 is 0. The summed E-state index contributed by atoms with van der Waals surface area (Å²) in [5, 5.41) is 0. The van der Waals surface area contributed by atoms with Crippen LogP contribution in [0.3, 0.4) is 0 Å². The van der Waals surface area contributed by atoms with Crippen LogP contribution >= 0.6 is 0 Å². The summed E-state index contributed by atoms with van der Waals surface area (Å²) in [5.41, 5.74) is -0.665. The zero-order valence-electron chi connectivity index (χ0n) is 16.4. The molecule has 1 amide bonds. The van der Waals surface area contributed by atoms with E-state index in [0.29, 0.717) is 18.7 Å². The van der Waals surface area contributed by atoms with Gasteiger partial charge in [-0.15, -0.1) is 0 Å². The second-order valence-corrected chi connectivity index (χ2v) is 9.38. The molecule has 31 heavy (non-hydrogen) atoms. The van der Waals surface area contributed by atoms with Crippen molar-refractivity contribution in [2.45, 2.75) is 30.0 Å². The Morgan fingerprint density at radius 1 is 1.06 bits per heavy atom. The number of alkyl halides is 3. The lowest BCUT2D eigenvalue weighted by molar-refractivity contribution is -0.140. The largest absolute Gasteiger partial charge is 0.470 e. The van der Waals surface area contributed by atoms with Gasteiger partial charge in [0.25, 0.3) is 5.91 Å². The molecular weight excluding hydrogens is 435 g/mol. The Hall–Kier alpha value is -2.66. The fraction of sp³-hybridized carbons (Fsp3) is 0.400. The van der Waals surface area contributed by atoms with Gasteiger partial charge in [-0.1, -0.05) is 0 Å². The van der Waals surface area contributed by atoms with Crippen LogP contribution in [0.15, 0.2) is 47.5 Å². The molecule has 0 aliphatic carbocycles. The molecule has 0 spiro atoms. The lowest BCUT2D eigenvalue weighted by Crippen LogP contribution is -2.56. The summed E-state index contributed by atoms with van der Waals surface area (Å²) in [4.78, 5) is 17.8. The monoisotopic (exact) mass is 455 g/mol. The summed E-state index contributed by atoms with van der Waals surface area (Å²) in [7, 11) is -3.56. The molecule has 0 radical (unpaired) electrons. The highest BCUT2D eigenvalue weighted by atomic mass is 32.2. The van der Waals surface area contributed by atoms with Crippen molar-refractivity contribution >= 4 is 15.9 Å². The van der Waals surface area contributed by atoms with Crippen LogP contribution in [-0.4, -0.2) is 60.8 Å². The van der Waals surface area contributed by atoms with Gasteiger partial charge in [0.05, 0.1) is 18.0 Å². The lowest BCUT2D eigenvalue weighted by atomic mass is 10.1. The third-order valence-corrected chi connectivity index (χ3v) is 7.21. The number of hydrogen-bond acceptors (Lipinski definition) is 5. The van der Waals surface area contributed by atoms with Gasteiger partial charge in [0, 0.05) is 24.8 Å². The molecule has 2 aliphatic heterocycles. The third kappa shape index (κ3) is 4.38.